The van der Waals surface area contributed by atoms with Gasteiger partial charge in [0.25, 0.3) is 0 Å². The van der Waals surface area contributed by atoms with E-state index in [9.17, 15) is 4.79 Å². The van der Waals surface area contributed by atoms with Crippen LogP contribution in [0, 0.1) is 0 Å². The zero-order valence-corrected chi connectivity index (χ0v) is 11.5. The zero-order chi connectivity index (χ0) is 13.8. The summed E-state index contributed by atoms with van der Waals surface area (Å²) in [6.45, 7) is 6.74. The van der Waals surface area contributed by atoms with Crippen LogP contribution >= 0.6 is 0 Å². The summed E-state index contributed by atoms with van der Waals surface area (Å²) in [5, 5.41) is 4.26. The predicted molar refractivity (Wildman–Crippen MR) is 74.5 cm³/mol. The molecule has 1 heterocycles. The topological polar surface area (TPSA) is 44.1 Å². The fourth-order valence-corrected chi connectivity index (χ4v) is 1.92. The van der Waals surface area contributed by atoms with Crippen molar-refractivity contribution < 1.29 is 9.53 Å². The summed E-state index contributed by atoms with van der Waals surface area (Å²) < 4.78 is 7.65. The van der Waals surface area contributed by atoms with Crippen molar-refractivity contribution in [2.45, 2.75) is 33.4 Å². The number of carbonyl (C=O) groups is 1. The van der Waals surface area contributed by atoms with Gasteiger partial charge in [-0.1, -0.05) is 12.1 Å². The summed E-state index contributed by atoms with van der Waals surface area (Å²) in [6, 6.07) is 5.57. The second-order valence-electron chi connectivity index (χ2n) is 4.59. The molecule has 1 aromatic heterocycles. The molecule has 0 amide bonds. The molecule has 0 aliphatic rings. The molecule has 0 unspecified atom stereocenters. The average Bonchev–Trinajstić information content (AvgIpc) is 2.87. The van der Waals surface area contributed by atoms with E-state index in [1.54, 1.807) is 12.3 Å². The number of aromatic nitrogens is 2. The maximum absolute atomic E-state index is 11.2. The van der Waals surface area contributed by atoms with Gasteiger partial charge in [-0.3, -0.25) is 9.48 Å². The zero-order valence-electron chi connectivity index (χ0n) is 11.5. The third-order valence-corrected chi connectivity index (χ3v) is 2.79. The smallest absolute Gasteiger partial charge is 0.153 e. The lowest BCUT2D eigenvalue weighted by atomic mass is 10.0. The Morgan fingerprint density at radius 2 is 2.21 bits per heavy atom. The number of ether oxygens (including phenoxy) is 1. The van der Waals surface area contributed by atoms with Gasteiger partial charge in [0.05, 0.1) is 17.9 Å². The molecule has 4 nitrogen and oxygen atoms in total. The molecule has 2 aromatic rings. The summed E-state index contributed by atoms with van der Waals surface area (Å²) in [5.41, 5.74) is 2.43. The number of para-hydroxylation sites is 1. The quantitative estimate of drug-likeness (QED) is 0.774. The minimum Gasteiger partial charge on any atom is -0.490 e. The molecule has 0 aliphatic carbocycles. The number of aldehydes is 1. The number of hydrogen-bond acceptors (Lipinski definition) is 3. The van der Waals surface area contributed by atoms with Crippen LogP contribution in [0.15, 0.2) is 30.6 Å². The fraction of sp³-hybridized carbons (Fsp3) is 0.333. The van der Waals surface area contributed by atoms with Gasteiger partial charge in [0.1, 0.15) is 5.75 Å². The van der Waals surface area contributed by atoms with Crippen LogP contribution in [-0.4, -0.2) is 22.2 Å². The first-order valence-electron chi connectivity index (χ1n) is 6.43. The molecule has 0 N–H and O–H groups in total. The van der Waals surface area contributed by atoms with Gasteiger partial charge in [0.2, 0.25) is 0 Å². The molecule has 1 aromatic carbocycles. The van der Waals surface area contributed by atoms with E-state index in [0.29, 0.717) is 11.3 Å². The van der Waals surface area contributed by atoms with Gasteiger partial charge in [0.15, 0.2) is 6.29 Å². The molecule has 0 saturated carbocycles. The van der Waals surface area contributed by atoms with E-state index in [1.807, 2.05) is 43.8 Å². The summed E-state index contributed by atoms with van der Waals surface area (Å²) in [7, 11) is 0. The maximum Gasteiger partial charge on any atom is 0.153 e. The number of nitrogens with zero attached hydrogens (tertiary/aromatic N) is 2. The Labute approximate surface area is 113 Å². The molecule has 0 atom stereocenters. The summed E-state index contributed by atoms with van der Waals surface area (Å²) in [6.07, 6.45) is 4.59. The van der Waals surface area contributed by atoms with Crippen molar-refractivity contribution in [1.29, 1.82) is 0 Å². The molecule has 0 aliphatic heterocycles. The third-order valence-electron chi connectivity index (χ3n) is 2.79. The van der Waals surface area contributed by atoms with E-state index in [-0.39, 0.29) is 6.10 Å². The summed E-state index contributed by atoms with van der Waals surface area (Å²) >= 11 is 0. The molecule has 0 radical (unpaired) electrons. The van der Waals surface area contributed by atoms with Crippen LogP contribution in [0.1, 0.15) is 31.1 Å². The lowest BCUT2D eigenvalue weighted by Crippen LogP contribution is -2.08. The van der Waals surface area contributed by atoms with E-state index in [4.69, 9.17) is 4.74 Å². The van der Waals surface area contributed by atoms with Gasteiger partial charge in [-0.2, -0.15) is 5.10 Å². The molecule has 0 fully saturated rings. The van der Waals surface area contributed by atoms with Crippen LogP contribution in [0.2, 0.25) is 0 Å². The first-order valence-corrected chi connectivity index (χ1v) is 6.43. The molecule has 100 valence electrons. The normalized spacial score (nSPS) is 10.7. The van der Waals surface area contributed by atoms with Crippen molar-refractivity contribution in [3.8, 4) is 16.9 Å². The molecular formula is C15H18N2O2. The highest BCUT2D eigenvalue weighted by molar-refractivity contribution is 5.85. The fourth-order valence-electron chi connectivity index (χ4n) is 1.92. The molecule has 4 heteroatoms. The van der Waals surface area contributed by atoms with Crippen molar-refractivity contribution in [3.05, 3.63) is 36.2 Å². The summed E-state index contributed by atoms with van der Waals surface area (Å²) in [5.74, 6) is 0.628. The number of hydrogen-bond donors (Lipinski definition) is 0. The first kappa shape index (κ1) is 13.3. The van der Waals surface area contributed by atoms with Gasteiger partial charge in [-0.25, -0.2) is 0 Å². The lowest BCUT2D eigenvalue weighted by Gasteiger charge is -2.15. The van der Waals surface area contributed by atoms with E-state index >= 15 is 0 Å². The second-order valence-corrected chi connectivity index (χ2v) is 4.59. The highest BCUT2D eigenvalue weighted by Gasteiger charge is 2.13. The number of rotatable bonds is 5. The number of aryl methyl sites for hydroxylation is 1. The number of benzene rings is 1. The van der Waals surface area contributed by atoms with Crippen molar-refractivity contribution in [1.82, 2.24) is 9.78 Å². The van der Waals surface area contributed by atoms with E-state index in [1.165, 1.54) is 0 Å². The minimum absolute atomic E-state index is 0.0149. The van der Waals surface area contributed by atoms with E-state index in [0.717, 1.165) is 24.0 Å². The monoisotopic (exact) mass is 258 g/mol. The Morgan fingerprint density at radius 3 is 2.79 bits per heavy atom. The molecule has 2 rings (SSSR count). The Bertz CT molecular complexity index is 573. The van der Waals surface area contributed by atoms with Gasteiger partial charge in [-0.05, 0) is 26.8 Å². The Balaban J connectivity index is 2.51. The standard InChI is InChI=1S/C15H18N2O2/c1-4-17-9-13(8-16-17)14-7-5-6-12(10-18)15(14)19-11(2)3/h5-11H,4H2,1-3H3. The van der Waals surface area contributed by atoms with Crippen LogP contribution in [0.25, 0.3) is 11.1 Å². The number of carbonyl (C=O) groups excluding carboxylic acids is 1. The highest BCUT2D eigenvalue weighted by Crippen LogP contribution is 2.33. The lowest BCUT2D eigenvalue weighted by molar-refractivity contribution is 0.111. The van der Waals surface area contributed by atoms with Gasteiger partial charge >= 0.3 is 0 Å². The van der Waals surface area contributed by atoms with Crippen molar-refractivity contribution in [2.24, 2.45) is 0 Å². The molecule has 19 heavy (non-hydrogen) atoms. The predicted octanol–water partition coefficient (Wildman–Crippen LogP) is 3.17. The van der Waals surface area contributed by atoms with Crippen molar-refractivity contribution in [3.63, 3.8) is 0 Å². The SMILES string of the molecule is CCn1cc(-c2cccc(C=O)c2OC(C)C)cn1. The second kappa shape index (κ2) is 5.69. The van der Waals surface area contributed by atoms with Gasteiger partial charge in [-0.15, -0.1) is 0 Å². The molecule has 0 saturated heterocycles. The first-order chi connectivity index (χ1) is 9.15. The average molecular weight is 258 g/mol. The highest BCUT2D eigenvalue weighted by atomic mass is 16.5. The molecular weight excluding hydrogens is 240 g/mol. The Hall–Kier alpha value is -2.10. The Morgan fingerprint density at radius 1 is 1.42 bits per heavy atom. The van der Waals surface area contributed by atoms with Crippen LogP contribution < -0.4 is 4.74 Å². The molecule has 0 spiro atoms. The van der Waals surface area contributed by atoms with Crippen LogP contribution in [-0.2, 0) is 6.54 Å². The molecule has 0 bridgehead atoms. The van der Waals surface area contributed by atoms with Crippen molar-refractivity contribution >= 4 is 6.29 Å². The third kappa shape index (κ3) is 2.84. The van der Waals surface area contributed by atoms with Crippen LogP contribution in [0.4, 0.5) is 0 Å². The van der Waals surface area contributed by atoms with Crippen molar-refractivity contribution in [2.75, 3.05) is 0 Å². The van der Waals surface area contributed by atoms with Crippen LogP contribution in [0.5, 0.6) is 5.75 Å². The van der Waals surface area contributed by atoms with Gasteiger partial charge in [0, 0.05) is 23.9 Å². The summed E-state index contributed by atoms with van der Waals surface area (Å²) in [4.78, 5) is 11.2. The van der Waals surface area contributed by atoms with E-state index in [2.05, 4.69) is 5.10 Å². The largest absolute Gasteiger partial charge is 0.490 e. The van der Waals surface area contributed by atoms with E-state index < -0.39 is 0 Å². The Kier molecular flexibility index (Phi) is 4.00. The van der Waals surface area contributed by atoms with Crippen LogP contribution in [0.3, 0.4) is 0 Å². The maximum atomic E-state index is 11.2. The minimum atomic E-state index is 0.0149. The van der Waals surface area contributed by atoms with Gasteiger partial charge < -0.3 is 4.74 Å².